The Morgan fingerprint density at radius 2 is 1.35 bits per heavy atom. The Bertz CT molecular complexity index is 1080. The predicted molar refractivity (Wildman–Crippen MR) is 156 cm³/mol. The third-order valence-corrected chi connectivity index (χ3v) is 6.40. The van der Waals surface area contributed by atoms with Crippen LogP contribution >= 0.6 is 0 Å². The zero-order valence-electron chi connectivity index (χ0n) is 24.7. The Labute approximate surface area is 225 Å². The van der Waals surface area contributed by atoms with E-state index in [0.717, 1.165) is 30.4 Å². The van der Waals surface area contributed by atoms with Crippen molar-refractivity contribution < 1.29 is 13.5 Å². The van der Waals surface area contributed by atoms with Crippen LogP contribution in [0.25, 0.3) is 0 Å². The second-order valence-electron chi connectivity index (χ2n) is 10.5. The molecule has 0 saturated carbocycles. The number of rotatable bonds is 7. The van der Waals surface area contributed by atoms with Gasteiger partial charge in [0.1, 0.15) is 5.82 Å². The van der Waals surface area contributed by atoms with Gasteiger partial charge in [0, 0.05) is 0 Å². The van der Waals surface area contributed by atoms with Gasteiger partial charge in [-0.05, 0) is 77.5 Å². The third-order valence-electron chi connectivity index (χ3n) is 6.40. The van der Waals surface area contributed by atoms with E-state index in [1.807, 2.05) is 26.0 Å². The predicted octanol–water partition coefficient (Wildman–Crippen LogP) is 10.5. The summed E-state index contributed by atoms with van der Waals surface area (Å²) in [7, 11) is 1.47. The van der Waals surface area contributed by atoms with Crippen LogP contribution in [0.15, 0.2) is 54.6 Å². The molecular weight excluding hydrogens is 462 g/mol. The van der Waals surface area contributed by atoms with Crippen LogP contribution < -0.4 is 4.74 Å². The van der Waals surface area contributed by atoms with Gasteiger partial charge in [0.25, 0.3) is 0 Å². The summed E-state index contributed by atoms with van der Waals surface area (Å²) < 4.78 is 31.7. The van der Waals surface area contributed by atoms with E-state index < -0.39 is 0 Å². The maximum Gasteiger partial charge on any atom is 0.168 e. The molecule has 0 aliphatic heterocycles. The molecule has 0 unspecified atom stereocenters. The van der Waals surface area contributed by atoms with Crippen molar-refractivity contribution in [1.82, 2.24) is 0 Å². The van der Waals surface area contributed by atoms with Crippen molar-refractivity contribution in [2.45, 2.75) is 99.3 Å². The normalized spacial score (nSPS) is 10.7. The average molecular weight is 511 g/mol. The minimum Gasteiger partial charge on any atom is -0.494 e. The number of hydrogen-bond acceptors (Lipinski definition) is 1. The molecule has 3 aromatic carbocycles. The summed E-state index contributed by atoms with van der Waals surface area (Å²) in [6.45, 7) is 19.0. The summed E-state index contributed by atoms with van der Waals surface area (Å²) in [5, 5.41) is 0. The van der Waals surface area contributed by atoms with Gasteiger partial charge in [0.2, 0.25) is 0 Å². The van der Waals surface area contributed by atoms with Gasteiger partial charge in [-0.2, -0.15) is 0 Å². The van der Waals surface area contributed by atoms with Gasteiger partial charge in [-0.3, -0.25) is 0 Å². The molecule has 0 spiro atoms. The van der Waals surface area contributed by atoms with Crippen LogP contribution in [-0.4, -0.2) is 7.11 Å². The zero-order chi connectivity index (χ0) is 28.1. The summed E-state index contributed by atoms with van der Waals surface area (Å²) in [5.74, 6) is 1.29. The fraction of sp³-hybridized carbons (Fsp3) is 0.471. The second-order valence-corrected chi connectivity index (χ2v) is 10.5. The van der Waals surface area contributed by atoms with Crippen LogP contribution in [0.4, 0.5) is 8.78 Å². The lowest BCUT2D eigenvalue weighted by Crippen LogP contribution is -1.96. The first-order chi connectivity index (χ1) is 17.5. The smallest absolute Gasteiger partial charge is 0.168 e. The zero-order valence-corrected chi connectivity index (χ0v) is 24.7. The summed E-state index contributed by atoms with van der Waals surface area (Å²) in [4.78, 5) is 0. The highest BCUT2D eigenvalue weighted by Gasteiger charge is 2.10. The van der Waals surface area contributed by atoms with Gasteiger partial charge < -0.3 is 4.74 Å². The third kappa shape index (κ3) is 10.3. The van der Waals surface area contributed by atoms with Gasteiger partial charge in [0.15, 0.2) is 11.6 Å². The number of aryl methyl sites for hydroxylation is 3. The molecule has 1 nitrogen and oxygen atoms in total. The van der Waals surface area contributed by atoms with Crippen LogP contribution in [0.2, 0.25) is 0 Å². The first-order valence-electron chi connectivity index (χ1n) is 13.7. The van der Waals surface area contributed by atoms with E-state index >= 15 is 0 Å². The van der Waals surface area contributed by atoms with Crippen LogP contribution in [0.3, 0.4) is 0 Å². The molecular formula is C34H48F2O. The monoisotopic (exact) mass is 510 g/mol. The lowest BCUT2D eigenvalue weighted by Gasteiger charge is -2.11. The molecule has 0 aliphatic rings. The van der Waals surface area contributed by atoms with Crippen molar-refractivity contribution >= 4 is 0 Å². The molecule has 3 heteroatoms. The highest BCUT2D eigenvalue weighted by Crippen LogP contribution is 2.25. The maximum atomic E-state index is 13.4. The molecule has 0 fully saturated rings. The van der Waals surface area contributed by atoms with Crippen LogP contribution in [0.1, 0.15) is 113 Å². The molecule has 3 rings (SSSR count). The number of halogens is 2. The fourth-order valence-electron chi connectivity index (χ4n) is 4.10. The number of hydrogen-bond donors (Lipinski definition) is 0. The van der Waals surface area contributed by atoms with Gasteiger partial charge in [0.05, 0.1) is 7.11 Å². The first kappa shape index (κ1) is 32.3. The number of ether oxygens (including phenoxy) is 1. The van der Waals surface area contributed by atoms with Crippen molar-refractivity contribution in [3.63, 3.8) is 0 Å². The Kier molecular flexibility index (Phi) is 14.2. The summed E-state index contributed by atoms with van der Waals surface area (Å²) in [5.41, 5.74) is 7.00. The van der Waals surface area contributed by atoms with Gasteiger partial charge in [-0.25, -0.2) is 8.78 Å². The Balaban J connectivity index is 0.000000278. The van der Waals surface area contributed by atoms with Crippen molar-refractivity contribution in [3.05, 3.63) is 99.6 Å². The van der Waals surface area contributed by atoms with Gasteiger partial charge in [-0.1, -0.05) is 110 Å². The molecule has 0 heterocycles. The van der Waals surface area contributed by atoms with Crippen molar-refractivity contribution in [1.29, 1.82) is 0 Å². The minimum atomic E-state index is -0.241. The molecule has 0 N–H and O–H groups in total. The molecule has 204 valence electrons. The number of methoxy groups -OCH3 is 1. The largest absolute Gasteiger partial charge is 0.494 e. The molecule has 0 aliphatic carbocycles. The fourth-order valence-corrected chi connectivity index (χ4v) is 4.10. The van der Waals surface area contributed by atoms with E-state index in [4.69, 9.17) is 4.74 Å². The first-order valence-corrected chi connectivity index (χ1v) is 13.7. The lowest BCUT2D eigenvalue weighted by atomic mass is 9.94. The molecule has 0 radical (unpaired) electrons. The Morgan fingerprint density at radius 1 is 0.730 bits per heavy atom. The summed E-state index contributed by atoms with van der Waals surface area (Å²) in [6.07, 6.45) is 2.98. The maximum absolute atomic E-state index is 13.4. The summed E-state index contributed by atoms with van der Waals surface area (Å²) >= 11 is 0. The molecule has 0 bridgehead atoms. The van der Waals surface area contributed by atoms with E-state index in [1.54, 1.807) is 24.3 Å². The van der Waals surface area contributed by atoms with Gasteiger partial charge >= 0.3 is 0 Å². The molecule has 0 saturated heterocycles. The van der Waals surface area contributed by atoms with Crippen molar-refractivity contribution in [2.75, 3.05) is 7.11 Å². The summed E-state index contributed by atoms with van der Waals surface area (Å²) in [6, 6.07) is 17.6. The molecule has 0 atom stereocenters. The molecule has 37 heavy (non-hydrogen) atoms. The van der Waals surface area contributed by atoms with Crippen LogP contribution in [0.5, 0.6) is 5.75 Å². The minimum absolute atomic E-state index is 0.0481. The van der Waals surface area contributed by atoms with Gasteiger partial charge in [-0.15, -0.1) is 0 Å². The Hall–Kier alpha value is -2.68. The highest BCUT2D eigenvalue weighted by atomic mass is 19.1. The molecule has 3 aromatic rings. The SMILES string of the molecule is CCCc1ccc(C(C)C)cc1F.CCc1ccc(C)cc1C(C)C.COc1cccc(C(C)C)c1F. The van der Waals surface area contributed by atoms with E-state index in [2.05, 4.69) is 66.7 Å². The van der Waals surface area contributed by atoms with E-state index in [0.29, 0.717) is 23.1 Å². The van der Waals surface area contributed by atoms with E-state index in [1.165, 1.54) is 23.8 Å². The quantitative estimate of drug-likeness (QED) is 0.307. The van der Waals surface area contributed by atoms with Crippen LogP contribution in [-0.2, 0) is 12.8 Å². The lowest BCUT2D eigenvalue weighted by molar-refractivity contribution is 0.383. The van der Waals surface area contributed by atoms with E-state index in [9.17, 15) is 8.78 Å². The number of benzene rings is 3. The topological polar surface area (TPSA) is 9.23 Å². The van der Waals surface area contributed by atoms with Crippen LogP contribution in [0, 0.1) is 18.6 Å². The average Bonchev–Trinajstić information content (AvgIpc) is 2.86. The standard InChI is InChI=1S/C12H17F.C12H18.C10H13FO/c1-4-5-10-6-7-11(9(2)3)8-12(10)13;1-5-11-7-6-10(4)8-12(11)9(2)3;1-7(2)8-5-4-6-9(12-3)10(8)11/h6-9H,4-5H2,1-3H3;6-9H,5H2,1-4H3;4-7H,1-3H3. The Morgan fingerprint density at radius 3 is 1.84 bits per heavy atom. The van der Waals surface area contributed by atoms with Crippen molar-refractivity contribution in [3.8, 4) is 5.75 Å². The second kappa shape index (κ2) is 16.2. The van der Waals surface area contributed by atoms with Crippen molar-refractivity contribution in [2.24, 2.45) is 0 Å². The molecule has 0 aromatic heterocycles. The van der Waals surface area contributed by atoms with E-state index in [-0.39, 0.29) is 17.6 Å². The highest BCUT2D eigenvalue weighted by molar-refractivity contribution is 5.34. The molecule has 0 amide bonds.